The van der Waals surface area contributed by atoms with E-state index in [9.17, 15) is 15.0 Å². The third kappa shape index (κ3) is 3.91. The van der Waals surface area contributed by atoms with Gasteiger partial charge in [-0.2, -0.15) is 5.10 Å². The predicted molar refractivity (Wildman–Crippen MR) is 117 cm³/mol. The predicted octanol–water partition coefficient (Wildman–Crippen LogP) is 2.01. The van der Waals surface area contributed by atoms with Crippen molar-refractivity contribution in [1.29, 1.82) is 0 Å². The molecule has 4 rings (SSSR count). The maximum Gasteiger partial charge on any atom is 0.350 e. The van der Waals surface area contributed by atoms with Crippen molar-refractivity contribution in [2.45, 2.75) is 25.8 Å². The van der Waals surface area contributed by atoms with Crippen molar-refractivity contribution in [3.05, 3.63) is 65.3 Å². The topological polar surface area (TPSA) is 86.8 Å². The van der Waals surface area contributed by atoms with Gasteiger partial charge >= 0.3 is 5.69 Å². The summed E-state index contributed by atoms with van der Waals surface area (Å²) in [6.07, 6.45) is -2.96. The Kier molecular flexibility index (Phi) is 3.41. The van der Waals surface area contributed by atoms with Crippen LogP contribution in [-0.2, 0) is 0 Å². The smallest absolute Gasteiger partial charge is 0.350 e. The Balaban J connectivity index is 1.56. The number of nitrogens with zero attached hydrogens (tertiary/aromatic N) is 5. The van der Waals surface area contributed by atoms with Gasteiger partial charge in [-0.1, -0.05) is 0 Å². The van der Waals surface area contributed by atoms with Crippen LogP contribution in [0.4, 0.5) is 11.4 Å². The zero-order valence-electron chi connectivity index (χ0n) is 24.1. The quantitative estimate of drug-likeness (QED) is 0.660. The van der Waals surface area contributed by atoms with E-state index in [1.807, 2.05) is 12.1 Å². The van der Waals surface area contributed by atoms with Gasteiger partial charge in [-0.3, -0.25) is 0 Å². The van der Waals surface area contributed by atoms with Crippen molar-refractivity contribution < 1.29 is 21.2 Å². The number of piperazine rings is 1. The molecular weight excluding hydrogens is 382 g/mol. The molecule has 0 saturated carbocycles. The van der Waals surface area contributed by atoms with Crippen LogP contribution in [0.5, 0.6) is 5.75 Å². The molecule has 158 valence electrons. The van der Waals surface area contributed by atoms with Gasteiger partial charge in [-0.25, -0.2) is 14.0 Å². The highest BCUT2D eigenvalue weighted by Crippen LogP contribution is 2.23. The molecule has 1 aliphatic rings. The molecule has 1 fully saturated rings. The van der Waals surface area contributed by atoms with Gasteiger partial charge in [-0.15, -0.1) is 0 Å². The van der Waals surface area contributed by atoms with Crippen LogP contribution < -0.4 is 15.5 Å². The van der Waals surface area contributed by atoms with E-state index in [1.54, 1.807) is 36.4 Å². The highest BCUT2D eigenvalue weighted by molar-refractivity contribution is 5.54. The first kappa shape index (κ1) is 12.4. The first-order valence-corrected chi connectivity index (χ1v) is 9.37. The van der Waals surface area contributed by atoms with Crippen LogP contribution in [0.25, 0.3) is 5.69 Å². The third-order valence-corrected chi connectivity index (χ3v) is 5.09. The van der Waals surface area contributed by atoms with E-state index in [0.717, 1.165) is 48.4 Å². The van der Waals surface area contributed by atoms with Gasteiger partial charge in [0, 0.05) is 45.8 Å². The molecule has 0 aliphatic carbocycles. The third-order valence-electron chi connectivity index (χ3n) is 5.09. The number of phenolic OH excluding ortho intramolecular Hbond substituents is 1. The fraction of sp³-hybridized carbons (Fsp3) is 0.364. The molecule has 2 unspecified atom stereocenters. The Hall–Kier alpha value is -3.26. The molecule has 1 saturated heterocycles. The lowest BCUT2D eigenvalue weighted by Gasteiger charge is -2.37. The Morgan fingerprint density at radius 1 is 0.933 bits per heavy atom. The van der Waals surface area contributed by atoms with Gasteiger partial charge in [0.2, 0.25) is 0 Å². The van der Waals surface area contributed by atoms with Crippen molar-refractivity contribution in [2.24, 2.45) is 0 Å². The SMILES string of the molecule is [2H]C([2H])([2H])C([2H])(O)C([2H])(n1ncn(-c2ccc(N3CCN(c4ccc(O)cc4)CC3)cc2)c1=O)C([2H])([2H])[2H]. The lowest BCUT2D eigenvalue weighted by Crippen LogP contribution is -2.46. The minimum atomic E-state index is -3.87. The summed E-state index contributed by atoms with van der Waals surface area (Å²) in [5, 5.41) is 23.5. The van der Waals surface area contributed by atoms with Crippen LogP contribution in [0, 0.1) is 0 Å². The number of rotatable bonds is 5. The molecule has 8 nitrogen and oxygen atoms in total. The molecule has 1 aliphatic heterocycles. The molecule has 0 amide bonds. The highest BCUT2D eigenvalue weighted by atomic mass is 16.3. The highest BCUT2D eigenvalue weighted by Gasteiger charge is 2.19. The molecule has 30 heavy (non-hydrogen) atoms. The van der Waals surface area contributed by atoms with Crippen LogP contribution in [0.15, 0.2) is 59.7 Å². The average molecular weight is 418 g/mol. The lowest BCUT2D eigenvalue weighted by atomic mass is 10.2. The summed E-state index contributed by atoms with van der Waals surface area (Å²) in [5.74, 6) is 0.205. The number of hydrogen-bond acceptors (Lipinski definition) is 6. The fourth-order valence-corrected chi connectivity index (χ4v) is 3.45. The van der Waals surface area contributed by atoms with Gasteiger partial charge in [0.25, 0.3) is 0 Å². The summed E-state index contributed by atoms with van der Waals surface area (Å²) in [7, 11) is 0. The molecule has 3 aromatic rings. The van der Waals surface area contributed by atoms with Crippen molar-refractivity contribution >= 4 is 11.4 Å². The molecule has 0 bridgehead atoms. The van der Waals surface area contributed by atoms with E-state index >= 15 is 0 Å². The second-order valence-corrected chi connectivity index (χ2v) is 6.90. The van der Waals surface area contributed by atoms with E-state index in [1.165, 1.54) is 0 Å². The minimum absolute atomic E-state index is 0.0236. The summed E-state index contributed by atoms with van der Waals surface area (Å²) in [5.41, 5.74) is 0.957. The lowest BCUT2D eigenvalue weighted by molar-refractivity contribution is 0.130. The van der Waals surface area contributed by atoms with Gasteiger partial charge in [0.15, 0.2) is 0 Å². The molecule has 1 aromatic heterocycles. The molecule has 2 aromatic carbocycles. The van der Waals surface area contributed by atoms with Crippen LogP contribution in [0.3, 0.4) is 0 Å². The largest absolute Gasteiger partial charge is 0.508 e. The number of anilines is 2. The molecule has 2 N–H and O–H groups in total. The molecule has 0 radical (unpaired) electrons. The summed E-state index contributed by atoms with van der Waals surface area (Å²) in [6, 6.07) is 10.1. The molecule has 2 heterocycles. The van der Waals surface area contributed by atoms with E-state index in [4.69, 9.17) is 11.0 Å². The van der Waals surface area contributed by atoms with Crippen molar-refractivity contribution in [2.75, 3.05) is 36.0 Å². The molecule has 0 spiro atoms. The first-order valence-electron chi connectivity index (χ1n) is 13.4. The number of phenols is 1. The summed E-state index contributed by atoms with van der Waals surface area (Å²) in [6.45, 7) is -4.28. The number of hydrogen-bond donors (Lipinski definition) is 2. The molecule has 2 atom stereocenters. The van der Waals surface area contributed by atoms with Crippen molar-refractivity contribution in [1.82, 2.24) is 14.3 Å². The first-order chi connectivity index (χ1) is 17.6. The molecule has 8 heteroatoms. The van der Waals surface area contributed by atoms with E-state index in [0.29, 0.717) is 0 Å². The Labute approximate surface area is 186 Å². The van der Waals surface area contributed by atoms with Gasteiger partial charge in [0.1, 0.15) is 12.1 Å². The minimum Gasteiger partial charge on any atom is -0.508 e. The zero-order chi connectivity index (χ0) is 28.1. The maximum atomic E-state index is 13.1. The van der Waals surface area contributed by atoms with Gasteiger partial charge in [-0.05, 0) is 62.2 Å². The second kappa shape index (κ2) is 8.23. The zero-order valence-corrected chi connectivity index (χ0v) is 16.1. The Morgan fingerprint density at radius 2 is 1.47 bits per heavy atom. The van der Waals surface area contributed by atoms with Crippen LogP contribution in [0.2, 0.25) is 0 Å². The van der Waals surface area contributed by atoms with Crippen LogP contribution >= 0.6 is 0 Å². The van der Waals surface area contributed by atoms with Crippen molar-refractivity contribution in [3.8, 4) is 11.4 Å². The summed E-state index contributed by atoms with van der Waals surface area (Å²) >= 11 is 0. The van der Waals surface area contributed by atoms with Crippen LogP contribution in [0.1, 0.15) is 30.7 Å². The standard InChI is InChI=1S/C22H27N5O3/c1-16(17(2)28)27-22(30)26(15-23-27)20-5-3-18(4-6-20)24-11-13-25(14-12-24)19-7-9-21(29)10-8-19/h3-10,15-17,28-29H,11-14H2,1-2H3/i1D3,2D3,16D,17D. The Bertz CT molecular complexity index is 1330. The normalized spacial score (nSPS) is 23.4. The van der Waals surface area contributed by atoms with E-state index in [2.05, 4.69) is 14.9 Å². The fourth-order valence-electron chi connectivity index (χ4n) is 3.45. The maximum absolute atomic E-state index is 13.1. The van der Waals surface area contributed by atoms with Gasteiger partial charge in [0.05, 0.1) is 20.5 Å². The number of aromatic hydroxyl groups is 1. The number of benzene rings is 2. The van der Waals surface area contributed by atoms with Gasteiger partial charge < -0.3 is 20.0 Å². The summed E-state index contributed by atoms with van der Waals surface area (Å²) in [4.78, 5) is 17.4. The number of aliphatic hydroxyl groups is 1. The van der Waals surface area contributed by atoms with E-state index < -0.39 is 31.5 Å². The Morgan fingerprint density at radius 3 is 2.00 bits per heavy atom. The monoisotopic (exact) mass is 417 g/mol. The van der Waals surface area contributed by atoms with Crippen LogP contribution in [-0.4, -0.2) is 56.8 Å². The molecular formula is C22H27N5O3. The number of aromatic nitrogens is 3. The average Bonchev–Trinajstić information content (AvgIpc) is 3.24. The van der Waals surface area contributed by atoms with E-state index in [-0.39, 0.29) is 16.1 Å². The van der Waals surface area contributed by atoms with Crippen molar-refractivity contribution in [3.63, 3.8) is 0 Å². The second-order valence-electron chi connectivity index (χ2n) is 6.90. The summed E-state index contributed by atoms with van der Waals surface area (Å²) < 4.78 is 62.4.